The maximum absolute atomic E-state index is 15.0. The number of carbonyl (C=O) groups excluding carboxylic acids is 2. The molecular formula is C29H40F3N3O10. The van der Waals surface area contributed by atoms with Crippen LogP contribution in [0.4, 0.5) is 23.7 Å². The van der Waals surface area contributed by atoms with Crippen LogP contribution in [0, 0.1) is 10.1 Å². The van der Waals surface area contributed by atoms with E-state index < -0.39 is 105 Å². The number of nitrogens with zero attached hydrogens (tertiary/aromatic N) is 3. The molecule has 0 bridgehead atoms. The van der Waals surface area contributed by atoms with Crippen molar-refractivity contribution in [2.45, 2.75) is 111 Å². The Labute approximate surface area is 258 Å². The maximum Gasteiger partial charge on any atom is 0.417 e. The predicted molar refractivity (Wildman–Crippen MR) is 153 cm³/mol. The number of alkyl halides is 3. The summed E-state index contributed by atoms with van der Waals surface area (Å²) in [6.07, 6.45) is -6.41. The molecule has 0 unspecified atom stereocenters. The topological polar surface area (TPSA) is 177 Å². The molecule has 1 aliphatic rings. The number of likely N-dealkylation sites (tertiary alicyclic amines) is 1. The summed E-state index contributed by atoms with van der Waals surface area (Å²) in [6.45, 7) is 11.3. The minimum Gasteiger partial charge on any atom is -0.478 e. The highest BCUT2D eigenvalue weighted by molar-refractivity contribution is 6.03. The first-order valence-electron chi connectivity index (χ1n) is 14.4. The second kappa shape index (κ2) is 13.5. The molecule has 0 saturated carbocycles. The molecule has 0 aromatic heterocycles. The molecule has 0 spiro atoms. The van der Waals surface area contributed by atoms with Gasteiger partial charge in [-0.25, -0.2) is 14.4 Å². The van der Waals surface area contributed by atoms with E-state index in [1.807, 2.05) is 0 Å². The molecule has 2 N–H and O–H groups in total. The highest BCUT2D eigenvalue weighted by Crippen LogP contribution is 2.48. The Kier molecular flexibility index (Phi) is 11.1. The van der Waals surface area contributed by atoms with Gasteiger partial charge in [0, 0.05) is 30.3 Å². The summed E-state index contributed by atoms with van der Waals surface area (Å²) in [5.41, 5.74) is -9.41. The van der Waals surface area contributed by atoms with Gasteiger partial charge in [-0.05, 0) is 67.2 Å². The summed E-state index contributed by atoms with van der Waals surface area (Å²) in [4.78, 5) is 64.7. The molecule has 1 aromatic carbocycles. The number of nitro benzene ring substituents is 1. The SMILES string of the molecule is CCc1c(C(=O)N(C(C)C)[C@@H]2CCCN(C(=O)OC(C)(C)C)C2)c(C(F)(F)F)c(CC)c(OC(C)(C(=O)O)C(=O)O)c1[N+](=O)[O-]. The standard InChI is InChI=1S/C29H40F3N3O10/c1-9-17-19(23(36)34(15(3)4)16-12-11-13-33(14-16)26(41)45-27(5,6)7)20(29(30,31)32)18(10-2)22(21(17)35(42)43)44-28(8,24(37)38)25(39)40/h15-16H,9-14H2,1-8H3,(H,37,38)(H,39,40)/t16-/m1/s1. The average molecular weight is 648 g/mol. The van der Waals surface area contributed by atoms with E-state index in [1.54, 1.807) is 34.6 Å². The molecule has 1 aromatic rings. The van der Waals surface area contributed by atoms with Gasteiger partial charge in [0.1, 0.15) is 5.60 Å². The molecule has 2 amide bonds. The van der Waals surface area contributed by atoms with Gasteiger partial charge in [-0.1, -0.05) is 13.8 Å². The molecule has 1 fully saturated rings. The van der Waals surface area contributed by atoms with Crippen LogP contribution in [0.2, 0.25) is 0 Å². The summed E-state index contributed by atoms with van der Waals surface area (Å²) in [5.74, 6) is -6.61. The number of hydrogen-bond donors (Lipinski definition) is 2. The lowest BCUT2D eigenvalue weighted by Crippen LogP contribution is -2.55. The average Bonchev–Trinajstić information content (AvgIpc) is 2.89. The summed E-state index contributed by atoms with van der Waals surface area (Å²) >= 11 is 0. The van der Waals surface area contributed by atoms with Crippen molar-refractivity contribution in [2.24, 2.45) is 0 Å². The zero-order valence-corrected chi connectivity index (χ0v) is 26.5. The smallest absolute Gasteiger partial charge is 0.417 e. The number of hydrogen-bond acceptors (Lipinski definition) is 8. The van der Waals surface area contributed by atoms with Crippen LogP contribution in [0.1, 0.15) is 95.3 Å². The van der Waals surface area contributed by atoms with Gasteiger partial charge in [-0.2, -0.15) is 13.2 Å². The lowest BCUT2D eigenvalue weighted by Gasteiger charge is -2.42. The third kappa shape index (κ3) is 7.76. The summed E-state index contributed by atoms with van der Waals surface area (Å²) in [6, 6.07) is -1.51. The minimum absolute atomic E-state index is 0.0683. The third-order valence-electron chi connectivity index (χ3n) is 7.37. The molecule has 16 heteroatoms. The number of benzene rings is 1. The Morgan fingerprint density at radius 1 is 1.04 bits per heavy atom. The molecule has 13 nitrogen and oxygen atoms in total. The van der Waals surface area contributed by atoms with Gasteiger partial charge in [0.15, 0.2) is 0 Å². The third-order valence-corrected chi connectivity index (χ3v) is 7.37. The van der Waals surface area contributed by atoms with Crippen molar-refractivity contribution in [3.8, 4) is 5.75 Å². The van der Waals surface area contributed by atoms with Gasteiger partial charge >= 0.3 is 29.9 Å². The van der Waals surface area contributed by atoms with Crippen LogP contribution < -0.4 is 4.74 Å². The zero-order valence-electron chi connectivity index (χ0n) is 26.5. The lowest BCUT2D eigenvalue weighted by atomic mass is 9.88. The van der Waals surface area contributed by atoms with Gasteiger partial charge in [-0.3, -0.25) is 14.9 Å². The van der Waals surface area contributed by atoms with Crippen LogP contribution in [-0.2, 0) is 33.3 Å². The fourth-order valence-electron chi connectivity index (χ4n) is 5.36. The summed E-state index contributed by atoms with van der Waals surface area (Å²) < 4.78 is 55.5. The molecule has 45 heavy (non-hydrogen) atoms. The number of rotatable bonds is 10. The number of carboxylic acid groups (broad SMARTS) is 2. The van der Waals surface area contributed by atoms with E-state index in [2.05, 4.69) is 0 Å². The van der Waals surface area contributed by atoms with E-state index in [4.69, 9.17) is 9.47 Å². The highest BCUT2D eigenvalue weighted by atomic mass is 19.4. The second-order valence-electron chi connectivity index (χ2n) is 12.1. The predicted octanol–water partition coefficient (Wildman–Crippen LogP) is 5.30. The van der Waals surface area contributed by atoms with E-state index in [0.29, 0.717) is 19.8 Å². The van der Waals surface area contributed by atoms with E-state index in [-0.39, 0.29) is 13.1 Å². The second-order valence-corrected chi connectivity index (χ2v) is 12.1. The lowest BCUT2D eigenvalue weighted by molar-refractivity contribution is -0.386. The van der Waals surface area contributed by atoms with Crippen molar-refractivity contribution >= 4 is 29.6 Å². The van der Waals surface area contributed by atoms with E-state index in [0.717, 1.165) is 4.90 Å². The van der Waals surface area contributed by atoms with Crippen LogP contribution in [0.5, 0.6) is 5.75 Å². The van der Waals surface area contributed by atoms with Crippen molar-refractivity contribution in [1.29, 1.82) is 0 Å². The number of piperidine rings is 1. The van der Waals surface area contributed by atoms with Crippen LogP contribution in [0.25, 0.3) is 0 Å². The minimum atomic E-state index is -5.31. The maximum atomic E-state index is 15.0. The van der Waals surface area contributed by atoms with Gasteiger partial charge in [0.2, 0.25) is 5.75 Å². The highest BCUT2D eigenvalue weighted by Gasteiger charge is 2.51. The van der Waals surface area contributed by atoms with E-state index in [9.17, 15) is 52.7 Å². The summed E-state index contributed by atoms with van der Waals surface area (Å²) in [5, 5.41) is 31.6. The monoisotopic (exact) mass is 647 g/mol. The number of amides is 2. The molecule has 1 aliphatic heterocycles. The van der Waals surface area contributed by atoms with Gasteiger partial charge < -0.3 is 29.5 Å². The molecule has 0 radical (unpaired) electrons. The first-order chi connectivity index (χ1) is 20.5. The Balaban J connectivity index is 2.93. The molecule has 252 valence electrons. The Morgan fingerprint density at radius 2 is 1.58 bits per heavy atom. The van der Waals surface area contributed by atoms with Gasteiger partial charge in [0.25, 0.3) is 11.5 Å². The van der Waals surface area contributed by atoms with Crippen LogP contribution in [-0.4, -0.2) is 85.3 Å². The van der Waals surface area contributed by atoms with Crippen LogP contribution in [0.3, 0.4) is 0 Å². The number of aliphatic carboxylic acids is 2. The number of nitro groups is 1. The first kappa shape index (κ1) is 37.1. The van der Waals surface area contributed by atoms with Crippen LogP contribution >= 0.6 is 0 Å². The van der Waals surface area contributed by atoms with Crippen molar-refractivity contribution in [3.63, 3.8) is 0 Å². The molecular weight excluding hydrogens is 607 g/mol. The van der Waals surface area contributed by atoms with Crippen molar-refractivity contribution in [2.75, 3.05) is 13.1 Å². The largest absolute Gasteiger partial charge is 0.478 e. The fourth-order valence-corrected chi connectivity index (χ4v) is 5.36. The number of carbonyl (C=O) groups is 4. The molecule has 2 rings (SSSR count). The van der Waals surface area contributed by atoms with E-state index in [1.165, 1.54) is 18.7 Å². The normalized spacial score (nSPS) is 15.9. The molecule has 0 aliphatic carbocycles. The number of halogens is 3. The molecule has 1 heterocycles. The first-order valence-corrected chi connectivity index (χ1v) is 14.4. The Hall–Kier alpha value is -4.11. The Bertz CT molecular complexity index is 1340. The zero-order chi connectivity index (χ0) is 34.8. The summed E-state index contributed by atoms with van der Waals surface area (Å²) in [7, 11) is 0. The van der Waals surface area contributed by atoms with Crippen molar-refractivity contribution < 1.29 is 57.0 Å². The van der Waals surface area contributed by atoms with Crippen molar-refractivity contribution in [1.82, 2.24) is 9.80 Å². The molecule has 1 saturated heterocycles. The Morgan fingerprint density at radius 3 is 1.98 bits per heavy atom. The van der Waals surface area contributed by atoms with Crippen molar-refractivity contribution in [3.05, 3.63) is 32.4 Å². The fraction of sp³-hybridized carbons (Fsp3) is 0.655. The number of carboxylic acids is 2. The number of ether oxygens (including phenoxy) is 2. The molecule has 1 atom stereocenters. The van der Waals surface area contributed by atoms with E-state index >= 15 is 0 Å². The van der Waals surface area contributed by atoms with Crippen LogP contribution in [0.15, 0.2) is 0 Å². The van der Waals surface area contributed by atoms with Gasteiger partial charge in [-0.15, -0.1) is 0 Å². The van der Waals surface area contributed by atoms with Gasteiger partial charge in [0.05, 0.1) is 22.1 Å². The quantitative estimate of drug-likeness (QED) is 0.193.